The molecular formula is C22H27ClN2O3S. The highest BCUT2D eigenvalue weighted by Gasteiger charge is 2.22. The first-order valence-corrected chi connectivity index (χ1v) is 11.6. The number of nitrogens with zero attached hydrogens (tertiary/aromatic N) is 1. The van der Waals surface area contributed by atoms with Gasteiger partial charge < -0.3 is 10.1 Å². The third-order valence-electron chi connectivity index (χ3n) is 4.88. The molecule has 0 spiro atoms. The molecule has 1 heterocycles. The van der Waals surface area contributed by atoms with Gasteiger partial charge in [0.2, 0.25) is 0 Å². The number of fused-ring (bicyclic) bond motifs is 1. The molecule has 0 atom stereocenters. The third-order valence-corrected chi connectivity index (χ3v) is 6.80. The van der Waals surface area contributed by atoms with Crippen LogP contribution in [0, 0.1) is 0 Å². The third kappa shape index (κ3) is 4.77. The van der Waals surface area contributed by atoms with Crippen molar-refractivity contribution in [3.8, 4) is 5.75 Å². The number of halogens is 1. The second-order valence-electron chi connectivity index (χ2n) is 7.34. The highest BCUT2D eigenvalue weighted by Crippen LogP contribution is 2.33. The molecule has 7 heteroatoms. The van der Waals surface area contributed by atoms with E-state index in [1.807, 2.05) is 19.2 Å². The Bertz CT molecular complexity index is 1070. The molecule has 0 amide bonds. The summed E-state index contributed by atoms with van der Waals surface area (Å²) >= 11 is 6.16. The van der Waals surface area contributed by atoms with Gasteiger partial charge in [-0.05, 0) is 68.2 Å². The number of aromatic nitrogens is 1. The standard InChI is InChI=1S/C22H27ClN2O3S/c1-16(2)17-6-9-19(10-7-17)29(26,27)25-15-22(28-13-5-4-12-24-3)20-14-18(23)8-11-21(20)25/h6-11,14-16,24H,4-5,12-13H2,1-3H3. The normalized spacial score (nSPS) is 12.0. The van der Waals surface area contributed by atoms with Crippen molar-refractivity contribution in [1.29, 1.82) is 0 Å². The Morgan fingerprint density at radius 2 is 1.83 bits per heavy atom. The molecule has 29 heavy (non-hydrogen) atoms. The molecule has 0 saturated heterocycles. The van der Waals surface area contributed by atoms with E-state index in [2.05, 4.69) is 19.2 Å². The van der Waals surface area contributed by atoms with Crippen LogP contribution in [0.5, 0.6) is 5.75 Å². The minimum atomic E-state index is -3.76. The van der Waals surface area contributed by atoms with Crippen molar-refractivity contribution >= 4 is 32.5 Å². The molecule has 0 aliphatic heterocycles. The zero-order chi connectivity index (χ0) is 21.0. The predicted octanol–water partition coefficient (Wildman–Crippen LogP) is 5.03. The van der Waals surface area contributed by atoms with E-state index < -0.39 is 10.0 Å². The number of benzene rings is 2. The molecule has 1 aromatic heterocycles. The summed E-state index contributed by atoms with van der Waals surface area (Å²) < 4.78 is 33.8. The van der Waals surface area contributed by atoms with Crippen LogP contribution in [0.4, 0.5) is 0 Å². The van der Waals surface area contributed by atoms with E-state index in [1.54, 1.807) is 36.5 Å². The number of unbranched alkanes of at least 4 members (excludes halogenated alkanes) is 1. The van der Waals surface area contributed by atoms with Crippen molar-refractivity contribution in [2.45, 2.75) is 37.5 Å². The summed E-state index contributed by atoms with van der Waals surface area (Å²) in [6.45, 7) is 5.58. The zero-order valence-electron chi connectivity index (χ0n) is 17.0. The Morgan fingerprint density at radius 3 is 2.48 bits per heavy atom. The first-order valence-electron chi connectivity index (χ1n) is 9.78. The lowest BCUT2D eigenvalue weighted by Gasteiger charge is -2.10. The van der Waals surface area contributed by atoms with Gasteiger partial charge >= 0.3 is 0 Å². The first-order chi connectivity index (χ1) is 13.8. The van der Waals surface area contributed by atoms with Crippen LogP contribution >= 0.6 is 11.6 Å². The summed E-state index contributed by atoms with van der Waals surface area (Å²) in [7, 11) is -1.84. The van der Waals surface area contributed by atoms with Crippen LogP contribution in [0.1, 0.15) is 38.2 Å². The molecule has 5 nitrogen and oxygen atoms in total. The van der Waals surface area contributed by atoms with Crippen LogP contribution in [-0.2, 0) is 10.0 Å². The molecule has 156 valence electrons. The molecule has 0 aliphatic carbocycles. The maximum absolute atomic E-state index is 13.3. The molecule has 0 fully saturated rings. The van der Waals surface area contributed by atoms with E-state index in [0.29, 0.717) is 34.2 Å². The number of hydrogen-bond donors (Lipinski definition) is 1. The Morgan fingerprint density at radius 1 is 1.10 bits per heavy atom. The number of rotatable bonds is 9. The molecule has 0 bridgehead atoms. The van der Waals surface area contributed by atoms with Crippen molar-refractivity contribution in [3.63, 3.8) is 0 Å². The van der Waals surface area contributed by atoms with Crippen molar-refractivity contribution < 1.29 is 13.2 Å². The summed E-state index contributed by atoms with van der Waals surface area (Å²) in [5, 5.41) is 4.32. The van der Waals surface area contributed by atoms with Gasteiger partial charge in [0.1, 0.15) is 5.75 Å². The molecule has 0 radical (unpaired) electrons. The quantitative estimate of drug-likeness (QED) is 0.479. The van der Waals surface area contributed by atoms with Crippen LogP contribution < -0.4 is 10.1 Å². The van der Waals surface area contributed by atoms with E-state index in [4.69, 9.17) is 16.3 Å². The summed E-state index contributed by atoms with van der Waals surface area (Å²) in [6.07, 6.45) is 3.40. The highest BCUT2D eigenvalue weighted by atomic mass is 35.5. The van der Waals surface area contributed by atoms with Crippen LogP contribution in [0.25, 0.3) is 10.9 Å². The van der Waals surface area contributed by atoms with E-state index in [9.17, 15) is 8.42 Å². The molecule has 2 aromatic carbocycles. The smallest absolute Gasteiger partial charge is 0.268 e. The SMILES string of the molecule is CNCCCCOc1cn(S(=O)(=O)c2ccc(C(C)C)cc2)c2ccc(Cl)cc12. The van der Waals surface area contributed by atoms with Crippen LogP contribution in [0.15, 0.2) is 53.6 Å². The van der Waals surface area contributed by atoms with Gasteiger partial charge in [0.25, 0.3) is 10.0 Å². The van der Waals surface area contributed by atoms with Crippen molar-refractivity contribution in [3.05, 3.63) is 59.2 Å². The maximum Gasteiger partial charge on any atom is 0.268 e. The largest absolute Gasteiger partial charge is 0.491 e. The van der Waals surface area contributed by atoms with Gasteiger partial charge in [-0.25, -0.2) is 12.4 Å². The minimum absolute atomic E-state index is 0.245. The molecule has 1 N–H and O–H groups in total. The van der Waals surface area contributed by atoms with Crippen LogP contribution in [0.2, 0.25) is 5.02 Å². The van der Waals surface area contributed by atoms with Gasteiger partial charge in [0.15, 0.2) is 0 Å². The monoisotopic (exact) mass is 434 g/mol. The zero-order valence-corrected chi connectivity index (χ0v) is 18.6. The van der Waals surface area contributed by atoms with Crippen molar-refractivity contribution in [2.75, 3.05) is 20.2 Å². The van der Waals surface area contributed by atoms with Crippen molar-refractivity contribution in [1.82, 2.24) is 9.29 Å². The molecular weight excluding hydrogens is 408 g/mol. The lowest BCUT2D eigenvalue weighted by molar-refractivity contribution is 0.309. The number of hydrogen-bond acceptors (Lipinski definition) is 4. The molecule has 3 aromatic rings. The van der Waals surface area contributed by atoms with Crippen LogP contribution in [0.3, 0.4) is 0 Å². The summed E-state index contributed by atoms with van der Waals surface area (Å²) in [5.74, 6) is 0.860. The van der Waals surface area contributed by atoms with Gasteiger partial charge in [-0.2, -0.15) is 0 Å². The predicted molar refractivity (Wildman–Crippen MR) is 119 cm³/mol. The van der Waals surface area contributed by atoms with Crippen LogP contribution in [-0.4, -0.2) is 32.6 Å². The van der Waals surface area contributed by atoms with Gasteiger partial charge in [-0.1, -0.05) is 37.6 Å². The number of nitrogens with one attached hydrogen (secondary N) is 1. The average Bonchev–Trinajstić information content (AvgIpc) is 3.06. The van der Waals surface area contributed by atoms with E-state index in [-0.39, 0.29) is 4.90 Å². The Kier molecular flexibility index (Phi) is 6.88. The Hall–Kier alpha value is -2.02. The fraction of sp³-hybridized carbons (Fsp3) is 0.364. The van der Waals surface area contributed by atoms with Gasteiger partial charge in [0.05, 0.1) is 23.2 Å². The minimum Gasteiger partial charge on any atom is -0.491 e. The maximum atomic E-state index is 13.3. The lowest BCUT2D eigenvalue weighted by atomic mass is 10.0. The topological polar surface area (TPSA) is 60.3 Å². The van der Waals surface area contributed by atoms with E-state index >= 15 is 0 Å². The fourth-order valence-corrected chi connectivity index (χ4v) is 4.71. The highest BCUT2D eigenvalue weighted by molar-refractivity contribution is 7.90. The summed E-state index contributed by atoms with van der Waals surface area (Å²) in [6, 6.07) is 12.2. The Labute approximate surface area is 177 Å². The van der Waals surface area contributed by atoms with Gasteiger partial charge in [0, 0.05) is 10.4 Å². The molecule has 3 rings (SSSR count). The summed E-state index contributed by atoms with van der Waals surface area (Å²) in [4.78, 5) is 0.245. The second-order valence-corrected chi connectivity index (χ2v) is 9.59. The van der Waals surface area contributed by atoms with Gasteiger partial charge in [-0.3, -0.25) is 0 Å². The lowest BCUT2D eigenvalue weighted by Crippen LogP contribution is -2.12. The first kappa shape index (κ1) is 21.7. The fourth-order valence-electron chi connectivity index (χ4n) is 3.18. The van der Waals surface area contributed by atoms with E-state index in [0.717, 1.165) is 24.9 Å². The van der Waals surface area contributed by atoms with E-state index in [1.165, 1.54) is 3.97 Å². The summed E-state index contributed by atoms with van der Waals surface area (Å²) in [5.41, 5.74) is 1.64. The average molecular weight is 435 g/mol. The Balaban J connectivity index is 1.97. The second kappa shape index (κ2) is 9.20. The number of ether oxygens (including phenoxy) is 1. The van der Waals surface area contributed by atoms with Crippen molar-refractivity contribution in [2.24, 2.45) is 0 Å². The van der Waals surface area contributed by atoms with Gasteiger partial charge in [-0.15, -0.1) is 0 Å². The molecule has 0 aliphatic rings. The molecule has 0 unspecified atom stereocenters. The molecule has 0 saturated carbocycles.